The van der Waals surface area contributed by atoms with Crippen LogP contribution in [-0.4, -0.2) is 75.0 Å². The van der Waals surface area contributed by atoms with E-state index >= 15 is 0 Å². The van der Waals surface area contributed by atoms with Crippen LogP contribution in [0.4, 0.5) is 0 Å². The monoisotopic (exact) mass is 526 g/mol. The maximum Gasteiger partial charge on any atom is 0.326 e. The van der Waals surface area contributed by atoms with Crippen molar-refractivity contribution >= 4 is 34.6 Å². The number of aromatic amines is 2. The second kappa shape index (κ2) is 13.9. The predicted octanol–water partition coefficient (Wildman–Crippen LogP) is -0.697. The van der Waals surface area contributed by atoms with Crippen LogP contribution in [0.5, 0.6) is 0 Å². The van der Waals surface area contributed by atoms with Crippen LogP contribution < -0.4 is 27.4 Å². The summed E-state index contributed by atoms with van der Waals surface area (Å²) in [7, 11) is 0. The third kappa shape index (κ3) is 8.15. The van der Waals surface area contributed by atoms with Gasteiger partial charge in [-0.05, 0) is 31.0 Å². The Balaban J connectivity index is 1.63. The van der Waals surface area contributed by atoms with Crippen molar-refractivity contribution < 1.29 is 24.3 Å². The largest absolute Gasteiger partial charge is 0.480 e. The number of nitrogens with zero attached hydrogens (tertiary/aromatic N) is 1. The summed E-state index contributed by atoms with van der Waals surface area (Å²) >= 11 is 0. The average molecular weight is 527 g/mol. The highest BCUT2D eigenvalue weighted by Gasteiger charge is 2.28. The Morgan fingerprint density at radius 1 is 1.00 bits per heavy atom. The number of hydrogen-bond acceptors (Lipinski definition) is 7. The number of para-hydroxylation sites is 1. The Hall–Kier alpha value is -4.23. The van der Waals surface area contributed by atoms with Gasteiger partial charge in [0.2, 0.25) is 17.7 Å². The number of aromatic nitrogens is 3. The molecule has 0 bridgehead atoms. The van der Waals surface area contributed by atoms with Crippen LogP contribution in [0.2, 0.25) is 0 Å². The van der Waals surface area contributed by atoms with Gasteiger partial charge in [-0.2, -0.15) is 0 Å². The second-order valence-corrected chi connectivity index (χ2v) is 8.97. The minimum atomic E-state index is -1.24. The van der Waals surface area contributed by atoms with E-state index in [1.165, 1.54) is 12.5 Å². The highest BCUT2D eigenvalue weighted by molar-refractivity contribution is 5.93. The fourth-order valence-corrected chi connectivity index (χ4v) is 4.00. The van der Waals surface area contributed by atoms with Crippen LogP contribution in [0.25, 0.3) is 10.9 Å². The molecular formula is C25H34N8O5. The molecule has 3 unspecified atom stereocenters. The molecule has 0 aliphatic carbocycles. The maximum atomic E-state index is 13.2. The minimum Gasteiger partial charge on any atom is -0.480 e. The molecule has 3 amide bonds. The number of rotatable bonds is 15. The zero-order valence-electron chi connectivity index (χ0n) is 20.9. The standard InChI is InChI=1S/C25H34N8O5/c26-8-4-3-6-18(27)23(35)30-13-22(34)32-20(10-16-12-28-14-31-16)24(36)33-21(25(37)38)9-15-11-29-19-7-2-1-5-17(15)19/h1-2,5,7,11-12,14,18,20-21,29H,3-4,6,8-10,13,26-27H2,(H,28,31)(H,30,35)(H,32,34)(H,33,36)(H,37,38). The van der Waals surface area contributed by atoms with Gasteiger partial charge < -0.3 is 42.5 Å². The molecule has 0 saturated carbocycles. The van der Waals surface area contributed by atoms with Crippen LogP contribution in [-0.2, 0) is 32.0 Å². The first-order chi connectivity index (χ1) is 18.3. The zero-order chi connectivity index (χ0) is 27.5. The Kier molecular flexibility index (Phi) is 10.4. The number of aliphatic carboxylic acids is 1. The van der Waals surface area contributed by atoms with Gasteiger partial charge in [0, 0.05) is 41.8 Å². The lowest BCUT2D eigenvalue weighted by Gasteiger charge is -2.21. The first-order valence-corrected chi connectivity index (χ1v) is 12.4. The molecule has 3 aromatic rings. The average Bonchev–Trinajstić information content (AvgIpc) is 3.56. The summed E-state index contributed by atoms with van der Waals surface area (Å²) < 4.78 is 0. The molecule has 3 rings (SSSR count). The number of H-pyrrole nitrogens is 2. The van der Waals surface area contributed by atoms with Crippen molar-refractivity contribution in [3.63, 3.8) is 0 Å². The van der Waals surface area contributed by atoms with Gasteiger partial charge in [-0.15, -0.1) is 0 Å². The van der Waals surface area contributed by atoms with E-state index in [4.69, 9.17) is 11.5 Å². The van der Waals surface area contributed by atoms with Crippen LogP contribution in [0.1, 0.15) is 30.5 Å². The first-order valence-electron chi connectivity index (χ1n) is 12.4. The second-order valence-electron chi connectivity index (χ2n) is 8.97. The van der Waals surface area contributed by atoms with Gasteiger partial charge in [-0.3, -0.25) is 14.4 Å². The van der Waals surface area contributed by atoms with E-state index in [0.717, 1.165) is 22.9 Å². The number of unbranched alkanes of at least 4 members (excludes halogenated alkanes) is 1. The van der Waals surface area contributed by atoms with Crippen molar-refractivity contribution in [2.45, 2.75) is 50.2 Å². The van der Waals surface area contributed by atoms with E-state index in [-0.39, 0.29) is 12.8 Å². The van der Waals surface area contributed by atoms with Crippen LogP contribution in [0.15, 0.2) is 43.0 Å². The Morgan fingerprint density at radius 3 is 2.50 bits per heavy atom. The van der Waals surface area contributed by atoms with E-state index in [2.05, 4.69) is 30.9 Å². The van der Waals surface area contributed by atoms with E-state index in [9.17, 15) is 24.3 Å². The van der Waals surface area contributed by atoms with Gasteiger partial charge in [-0.1, -0.05) is 24.6 Å². The molecule has 0 fully saturated rings. The number of carbonyl (C=O) groups is 4. The Labute approximate surface area is 219 Å². The molecule has 10 N–H and O–H groups in total. The quantitative estimate of drug-likeness (QED) is 0.118. The lowest BCUT2D eigenvalue weighted by molar-refractivity contribution is -0.142. The minimum absolute atomic E-state index is 0.0313. The van der Waals surface area contributed by atoms with Gasteiger partial charge in [0.25, 0.3) is 0 Å². The number of carbonyl (C=O) groups excluding carboxylic acids is 3. The molecule has 0 aliphatic heterocycles. The predicted molar refractivity (Wildman–Crippen MR) is 140 cm³/mol. The first kappa shape index (κ1) is 28.3. The summed E-state index contributed by atoms with van der Waals surface area (Å²) in [5.41, 5.74) is 13.4. The van der Waals surface area contributed by atoms with Gasteiger partial charge >= 0.3 is 5.97 Å². The lowest BCUT2D eigenvalue weighted by Crippen LogP contribution is -2.54. The van der Waals surface area contributed by atoms with Crippen molar-refractivity contribution in [1.29, 1.82) is 0 Å². The molecule has 204 valence electrons. The maximum absolute atomic E-state index is 13.2. The number of hydrogen-bond donors (Lipinski definition) is 8. The highest BCUT2D eigenvalue weighted by Crippen LogP contribution is 2.19. The van der Waals surface area contributed by atoms with Gasteiger partial charge in [0.1, 0.15) is 12.1 Å². The number of imidazole rings is 1. The van der Waals surface area contributed by atoms with E-state index in [1.54, 1.807) is 6.20 Å². The number of carboxylic acid groups (broad SMARTS) is 1. The highest BCUT2D eigenvalue weighted by atomic mass is 16.4. The molecule has 0 spiro atoms. The molecule has 0 aliphatic rings. The molecule has 13 nitrogen and oxygen atoms in total. The topological polar surface area (TPSA) is 221 Å². The zero-order valence-corrected chi connectivity index (χ0v) is 20.9. The van der Waals surface area contributed by atoms with E-state index in [1.807, 2.05) is 24.3 Å². The molecule has 2 aromatic heterocycles. The molecule has 13 heteroatoms. The summed E-state index contributed by atoms with van der Waals surface area (Å²) in [5.74, 6) is -3.02. The SMILES string of the molecule is NCCCCC(N)C(=O)NCC(=O)NC(Cc1cnc[nH]1)C(=O)NC(Cc1c[nH]c2ccccc12)C(=O)O. The number of benzene rings is 1. The molecule has 3 atom stereocenters. The van der Waals surface area contributed by atoms with Crippen LogP contribution in [0.3, 0.4) is 0 Å². The molecule has 2 heterocycles. The summed E-state index contributed by atoms with van der Waals surface area (Å²) in [6, 6.07) is 4.29. The van der Waals surface area contributed by atoms with Gasteiger partial charge in [0.15, 0.2) is 0 Å². The molecule has 0 saturated heterocycles. The van der Waals surface area contributed by atoms with Crippen LogP contribution >= 0.6 is 0 Å². The van der Waals surface area contributed by atoms with Crippen molar-refractivity contribution in [3.8, 4) is 0 Å². The number of nitrogens with two attached hydrogens (primary N) is 2. The number of nitrogens with one attached hydrogen (secondary N) is 5. The van der Waals surface area contributed by atoms with Crippen molar-refractivity contribution in [2.75, 3.05) is 13.1 Å². The lowest BCUT2D eigenvalue weighted by atomic mass is 10.0. The Morgan fingerprint density at radius 2 is 1.79 bits per heavy atom. The smallest absolute Gasteiger partial charge is 0.326 e. The summed E-state index contributed by atoms with van der Waals surface area (Å²) in [4.78, 5) is 59.8. The van der Waals surface area contributed by atoms with E-state index < -0.39 is 48.4 Å². The van der Waals surface area contributed by atoms with Crippen LogP contribution in [0, 0.1) is 0 Å². The van der Waals surface area contributed by atoms with Crippen molar-refractivity contribution in [3.05, 3.63) is 54.2 Å². The van der Waals surface area contributed by atoms with Crippen molar-refractivity contribution in [1.82, 2.24) is 30.9 Å². The van der Waals surface area contributed by atoms with E-state index in [0.29, 0.717) is 25.1 Å². The number of fused-ring (bicyclic) bond motifs is 1. The fourth-order valence-electron chi connectivity index (χ4n) is 4.00. The third-order valence-electron chi connectivity index (χ3n) is 6.07. The van der Waals surface area contributed by atoms with Crippen molar-refractivity contribution in [2.24, 2.45) is 11.5 Å². The number of carboxylic acids is 1. The van der Waals surface area contributed by atoms with Gasteiger partial charge in [-0.25, -0.2) is 9.78 Å². The van der Waals surface area contributed by atoms with Gasteiger partial charge in [0.05, 0.1) is 18.9 Å². The summed E-state index contributed by atoms with van der Waals surface area (Å²) in [5, 5.41) is 18.2. The normalized spacial score (nSPS) is 13.4. The summed E-state index contributed by atoms with van der Waals surface area (Å²) in [6.45, 7) is 0.106. The third-order valence-corrected chi connectivity index (χ3v) is 6.07. The summed E-state index contributed by atoms with van der Waals surface area (Å²) in [6.07, 6.45) is 6.56. The fraction of sp³-hybridized carbons (Fsp3) is 0.400. The molecule has 0 radical (unpaired) electrons. The molecule has 1 aromatic carbocycles. The molecule has 38 heavy (non-hydrogen) atoms. The molecular weight excluding hydrogens is 492 g/mol. The Bertz CT molecular complexity index is 1230. The number of amides is 3.